The highest BCUT2D eigenvalue weighted by atomic mass is 16.5. The van der Waals surface area contributed by atoms with Crippen molar-refractivity contribution in [2.75, 3.05) is 9.80 Å². The van der Waals surface area contributed by atoms with E-state index in [-0.39, 0.29) is 0 Å². The first-order valence-corrected chi connectivity index (χ1v) is 15.3. The van der Waals surface area contributed by atoms with Gasteiger partial charge in [-0.3, -0.25) is 8.80 Å². The van der Waals surface area contributed by atoms with Crippen LogP contribution in [0.5, 0.6) is 23.0 Å². The minimum Gasteiger partial charge on any atom is -0.453 e. The molecule has 5 aromatic carbocycles. The van der Waals surface area contributed by atoms with Crippen molar-refractivity contribution in [2.24, 2.45) is 0 Å². The number of hydrogen-bond acceptors (Lipinski definition) is 6. The number of hydrogen-bond donors (Lipinski definition) is 0. The smallest absolute Gasteiger partial charge is 0.181 e. The molecule has 8 aromatic rings. The number of anilines is 6. The van der Waals surface area contributed by atoms with Crippen molar-refractivity contribution in [1.82, 2.24) is 18.8 Å². The molecule has 0 N–H and O–H groups in total. The third kappa shape index (κ3) is 3.32. The van der Waals surface area contributed by atoms with Crippen molar-refractivity contribution in [2.45, 2.75) is 13.8 Å². The van der Waals surface area contributed by atoms with Gasteiger partial charge in [0.05, 0.1) is 45.2 Å². The van der Waals surface area contributed by atoms with Gasteiger partial charge in [0.1, 0.15) is 0 Å². The van der Waals surface area contributed by atoms with E-state index >= 15 is 0 Å². The molecule has 0 aliphatic carbocycles. The zero-order valence-corrected chi connectivity index (χ0v) is 25.0. The molecule has 46 heavy (non-hydrogen) atoms. The maximum atomic E-state index is 6.45. The summed E-state index contributed by atoms with van der Waals surface area (Å²) in [5.41, 5.74) is 11.5. The molecular weight excluding hydrogens is 572 g/mol. The lowest BCUT2D eigenvalue weighted by Gasteiger charge is -2.36. The normalized spacial score (nSPS) is 13.3. The van der Waals surface area contributed by atoms with E-state index in [1.54, 1.807) is 0 Å². The maximum Gasteiger partial charge on any atom is 0.181 e. The van der Waals surface area contributed by atoms with E-state index < -0.39 is 0 Å². The molecule has 2 aliphatic rings. The van der Waals surface area contributed by atoms with Crippen LogP contribution in [-0.4, -0.2) is 18.8 Å². The van der Waals surface area contributed by atoms with Crippen molar-refractivity contribution < 1.29 is 9.47 Å². The molecule has 0 amide bonds. The first-order valence-electron chi connectivity index (χ1n) is 15.3. The molecule has 2 aliphatic heterocycles. The molecule has 0 bridgehead atoms. The van der Waals surface area contributed by atoms with Gasteiger partial charge >= 0.3 is 0 Å². The molecular formula is C38H26N6O2. The van der Waals surface area contributed by atoms with Gasteiger partial charge in [-0.05, 0) is 74.5 Å². The van der Waals surface area contributed by atoms with E-state index in [2.05, 4.69) is 93.1 Å². The molecule has 220 valence electrons. The number of aryl methyl sites for hydroxylation is 2. The predicted molar refractivity (Wildman–Crippen MR) is 180 cm³/mol. The topological polar surface area (TPSA) is 59.5 Å². The second-order valence-corrected chi connectivity index (χ2v) is 11.7. The van der Waals surface area contributed by atoms with Gasteiger partial charge in [0.15, 0.2) is 34.3 Å². The summed E-state index contributed by atoms with van der Waals surface area (Å²) in [7, 11) is 0. The fourth-order valence-electron chi connectivity index (χ4n) is 7.01. The zero-order valence-electron chi connectivity index (χ0n) is 25.0. The van der Waals surface area contributed by atoms with E-state index in [0.717, 1.165) is 90.8 Å². The van der Waals surface area contributed by atoms with Crippen LogP contribution >= 0.6 is 0 Å². The Morgan fingerprint density at radius 2 is 0.913 bits per heavy atom. The lowest BCUT2D eigenvalue weighted by Crippen LogP contribution is -2.19. The Labute approximate surface area is 263 Å². The third-order valence-electron chi connectivity index (χ3n) is 8.96. The average Bonchev–Trinajstić information content (AvgIpc) is 3.68. The summed E-state index contributed by atoms with van der Waals surface area (Å²) in [4.78, 5) is 14.3. The Morgan fingerprint density at radius 3 is 1.43 bits per heavy atom. The minimum atomic E-state index is 0.792. The molecule has 8 heteroatoms. The monoisotopic (exact) mass is 598 g/mol. The third-order valence-corrected chi connectivity index (χ3v) is 8.96. The number of imidazole rings is 2. The first kappa shape index (κ1) is 25.1. The van der Waals surface area contributed by atoms with Crippen molar-refractivity contribution in [1.29, 1.82) is 0 Å². The van der Waals surface area contributed by atoms with Crippen molar-refractivity contribution in [3.05, 3.63) is 133 Å². The summed E-state index contributed by atoms with van der Waals surface area (Å²) in [5, 5.41) is 0. The van der Waals surface area contributed by atoms with Gasteiger partial charge in [-0.25, -0.2) is 9.97 Å². The molecule has 0 atom stereocenters. The van der Waals surface area contributed by atoms with E-state index in [1.807, 2.05) is 60.9 Å². The number of fused-ring (bicyclic) bond motifs is 10. The Balaban J connectivity index is 1.40. The van der Waals surface area contributed by atoms with Crippen LogP contribution in [0.1, 0.15) is 11.4 Å². The Kier molecular flexibility index (Phi) is 4.97. The van der Waals surface area contributed by atoms with Gasteiger partial charge in [-0.1, -0.05) is 48.5 Å². The fraction of sp³-hybridized carbons (Fsp3) is 0.0526. The Bertz CT molecular complexity index is 2460. The molecule has 0 fully saturated rings. The SMILES string of the molecule is Cc1cnc2c3ncc(C)n3c3c(N4c5ccccc5Oc5ccccc54)cc(N4c5ccccc5Oc5ccccc54)cc3n12. The van der Waals surface area contributed by atoms with Crippen molar-refractivity contribution in [3.63, 3.8) is 0 Å². The van der Waals surface area contributed by atoms with Crippen LogP contribution in [0.15, 0.2) is 122 Å². The maximum absolute atomic E-state index is 6.45. The fourth-order valence-corrected chi connectivity index (χ4v) is 7.01. The number of rotatable bonds is 2. The highest BCUT2D eigenvalue weighted by molar-refractivity contribution is 6.04. The van der Waals surface area contributed by atoms with Crippen molar-refractivity contribution >= 4 is 56.5 Å². The van der Waals surface area contributed by atoms with Gasteiger partial charge in [0, 0.05) is 23.8 Å². The lowest BCUT2D eigenvalue weighted by molar-refractivity contribution is 0.477. The van der Waals surface area contributed by atoms with E-state index in [4.69, 9.17) is 19.4 Å². The summed E-state index contributed by atoms with van der Waals surface area (Å²) in [5.74, 6) is 3.19. The first-order chi connectivity index (χ1) is 22.7. The van der Waals surface area contributed by atoms with E-state index in [9.17, 15) is 0 Å². The van der Waals surface area contributed by atoms with Crippen LogP contribution in [0.25, 0.3) is 22.3 Å². The van der Waals surface area contributed by atoms with Gasteiger partial charge < -0.3 is 19.3 Å². The van der Waals surface area contributed by atoms with Gasteiger partial charge in [-0.2, -0.15) is 0 Å². The Hall–Kier alpha value is -6.28. The van der Waals surface area contributed by atoms with Gasteiger partial charge in [0.2, 0.25) is 0 Å². The molecule has 3 aromatic heterocycles. The van der Waals surface area contributed by atoms with Crippen LogP contribution in [-0.2, 0) is 0 Å². The second kappa shape index (κ2) is 9.12. The molecule has 10 rings (SSSR count). The number of para-hydroxylation sites is 8. The average molecular weight is 599 g/mol. The van der Waals surface area contributed by atoms with E-state index in [1.165, 1.54) is 0 Å². The van der Waals surface area contributed by atoms with Crippen LogP contribution in [0.2, 0.25) is 0 Å². The molecule has 0 saturated carbocycles. The highest BCUT2D eigenvalue weighted by Crippen LogP contribution is 2.55. The standard InChI is InChI=1S/C38H26N6O2/c1-23-21-39-37-38-40-22-24(2)42(38)36-30(41(23)37)19-25(43-26-11-3-7-15-32(26)45-33-16-8-4-12-27(33)43)20-31(36)44-28-13-5-9-17-34(28)46-35-18-10-6-14-29(35)44/h3-22H,1-2H3. The summed E-state index contributed by atoms with van der Waals surface area (Å²) in [6.07, 6.45) is 3.84. The molecule has 5 heterocycles. The zero-order chi connectivity index (χ0) is 30.5. The summed E-state index contributed by atoms with van der Waals surface area (Å²) >= 11 is 0. The Morgan fingerprint density at radius 1 is 0.478 bits per heavy atom. The molecule has 0 saturated heterocycles. The van der Waals surface area contributed by atoms with E-state index in [0.29, 0.717) is 0 Å². The van der Waals surface area contributed by atoms with Crippen molar-refractivity contribution in [3.8, 4) is 23.0 Å². The molecule has 0 spiro atoms. The van der Waals surface area contributed by atoms with Crippen LogP contribution in [0, 0.1) is 13.8 Å². The number of ether oxygens (including phenoxy) is 2. The number of nitrogens with zero attached hydrogens (tertiary/aromatic N) is 6. The minimum absolute atomic E-state index is 0.792. The summed E-state index contributed by atoms with van der Waals surface area (Å²) in [6.45, 7) is 4.19. The quantitative estimate of drug-likeness (QED) is 0.197. The number of benzene rings is 5. The predicted octanol–water partition coefficient (Wildman–Crippen LogP) is 9.90. The lowest BCUT2D eigenvalue weighted by atomic mass is 10.1. The molecule has 8 nitrogen and oxygen atoms in total. The van der Waals surface area contributed by atoms with Gasteiger partial charge in [-0.15, -0.1) is 0 Å². The summed E-state index contributed by atoms with van der Waals surface area (Å²) in [6, 6.07) is 37.3. The largest absolute Gasteiger partial charge is 0.453 e. The van der Waals surface area contributed by atoms with Gasteiger partial charge in [0.25, 0.3) is 0 Å². The molecule has 0 unspecified atom stereocenters. The van der Waals surface area contributed by atoms with Crippen LogP contribution in [0.3, 0.4) is 0 Å². The summed E-state index contributed by atoms with van der Waals surface area (Å²) < 4.78 is 17.3. The molecule has 0 radical (unpaired) electrons. The second-order valence-electron chi connectivity index (χ2n) is 11.7. The highest BCUT2D eigenvalue weighted by Gasteiger charge is 2.32. The van der Waals surface area contributed by atoms with Crippen LogP contribution < -0.4 is 19.3 Å². The van der Waals surface area contributed by atoms with Crippen LogP contribution in [0.4, 0.5) is 34.1 Å². The number of aromatic nitrogens is 4.